The zero-order valence-electron chi connectivity index (χ0n) is 55.4. The van der Waals surface area contributed by atoms with Crippen LogP contribution in [0.5, 0.6) is 23.0 Å². The highest BCUT2D eigenvalue weighted by atomic mass is 35.7. The van der Waals surface area contributed by atoms with Gasteiger partial charge < -0.3 is 18.9 Å². The van der Waals surface area contributed by atoms with Gasteiger partial charge in [-0.2, -0.15) is 0 Å². The van der Waals surface area contributed by atoms with Crippen LogP contribution in [0, 0.1) is 0 Å². The fourth-order valence-electron chi connectivity index (χ4n) is 9.68. The molecule has 0 aromatic heterocycles. The second-order valence-electron chi connectivity index (χ2n) is 23.9. The van der Waals surface area contributed by atoms with Gasteiger partial charge in [0.2, 0.25) is 9.05 Å². The van der Waals surface area contributed by atoms with E-state index in [0.717, 1.165) is 6.08 Å². The Morgan fingerprint density at radius 2 is 0.879 bits per heavy atom. The smallest absolute Gasteiger partial charge is 0.254 e. The Labute approximate surface area is 586 Å². The van der Waals surface area contributed by atoms with Crippen LogP contribution >= 0.6 is 21.4 Å². The van der Waals surface area contributed by atoms with E-state index in [-0.39, 0.29) is 63.0 Å². The molecule has 19 heteroatoms. The van der Waals surface area contributed by atoms with Gasteiger partial charge in [0, 0.05) is 93.6 Å². The van der Waals surface area contributed by atoms with Gasteiger partial charge >= 0.3 is 0 Å². The highest BCUT2D eigenvalue weighted by Crippen LogP contribution is 2.34. The molecule has 0 heterocycles. The number of carbonyl (C=O) groups excluding carboxylic acids is 6. The van der Waals surface area contributed by atoms with Gasteiger partial charge in [0.1, 0.15) is 39.3 Å². The Hall–Kier alpha value is -10.4. The molecule has 1 atom stereocenters. The van der Waals surface area contributed by atoms with E-state index in [2.05, 4.69) is 25.7 Å². The zero-order valence-corrected chi connectivity index (χ0v) is 58.5. The number of allylic oxidation sites excluding steroid dienone is 8. The largest absolute Gasteiger partial charge is 0.491 e. The Balaban J connectivity index is 0.000000254. The fourth-order valence-corrected chi connectivity index (χ4v) is 10.9. The van der Waals surface area contributed by atoms with Crippen LogP contribution < -0.4 is 19.5 Å². The number of carbonyl (C=O) groups is 6. The number of hydrogen-bond acceptors (Lipinski definition) is 15. The maximum absolute atomic E-state index is 13.6. The van der Waals surface area contributed by atoms with E-state index >= 15 is 0 Å². The van der Waals surface area contributed by atoms with Crippen molar-refractivity contribution in [3.05, 3.63) is 345 Å². The van der Waals surface area contributed by atoms with E-state index in [1.807, 2.05) is 45.2 Å². The van der Waals surface area contributed by atoms with Gasteiger partial charge in [-0.05, 0) is 199 Å². The standard InChI is InChI=1S/C40H34Cl2O9S2.C40H37NO5/c1-5-34(50-27(2)3)19-15-32(23-24-52(41,46)47)38(44)31-16-20-35(21-17-31)51-36-22-18-33(25-40(4,26-36)53(42,48)49)39(45)30-13-11-29(12-14-30)37(43)28-9-7-6-8-10-28;1-26(2)27-6-8-28(9-7-27)37(42)29-10-12-30(13-11-29)38(43)31-14-20-34(21-15-31)45-35-22-16-32(17-23-35)39(44)33-18-24-36(25-19-33)46-40(3,4)41-5/h5-27H,1H2,2-4H3;6-26,41H,1-5H3/b24-23+,32-15+,34-19+;. The molecular formula is C80H71Cl2NO14S2. The Morgan fingerprint density at radius 3 is 1.27 bits per heavy atom. The molecule has 15 nitrogen and oxygen atoms in total. The van der Waals surface area contributed by atoms with E-state index in [4.69, 9.17) is 40.3 Å². The number of hydrogen-bond donors (Lipinski definition) is 1. The number of halogens is 2. The normalized spacial score (nSPS) is 14.2. The van der Waals surface area contributed by atoms with Gasteiger partial charge in [-0.15, -0.1) is 0 Å². The summed E-state index contributed by atoms with van der Waals surface area (Å²) in [6.07, 6.45) is 10.4. The summed E-state index contributed by atoms with van der Waals surface area (Å²) in [6, 6.07) is 55.6. The molecule has 0 aliphatic heterocycles. The molecule has 1 aliphatic rings. The number of benzene rings is 8. The van der Waals surface area contributed by atoms with Gasteiger partial charge in [-0.1, -0.05) is 124 Å². The highest BCUT2D eigenvalue weighted by Gasteiger charge is 2.37. The summed E-state index contributed by atoms with van der Waals surface area (Å²) in [6.45, 7) is 16.7. The first-order chi connectivity index (χ1) is 46.9. The van der Waals surface area contributed by atoms with Gasteiger partial charge in [0.05, 0.1) is 6.10 Å². The molecule has 9 rings (SSSR count). The van der Waals surface area contributed by atoms with Crippen molar-refractivity contribution in [2.24, 2.45) is 0 Å². The number of nitrogens with one attached hydrogen (secondary N) is 1. The second-order valence-corrected chi connectivity index (χ2v) is 29.4. The van der Waals surface area contributed by atoms with Crippen LogP contribution in [0.4, 0.5) is 0 Å². The highest BCUT2D eigenvalue weighted by molar-refractivity contribution is 8.16. The average Bonchev–Trinajstić information content (AvgIpc) is 1.73. The number of ether oxygens (including phenoxy) is 4. The third-order valence-electron chi connectivity index (χ3n) is 15.4. The average molecular weight is 1410 g/mol. The number of Topliss-reactive ketones (excluding diaryl/α,β-unsaturated/α-hetero) is 2. The summed E-state index contributed by atoms with van der Waals surface area (Å²) < 4.78 is 70.3. The monoisotopic (exact) mass is 1400 g/mol. The topological polar surface area (TPSA) is 220 Å². The van der Waals surface area contributed by atoms with Gasteiger partial charge in [0.25, 0.3) is 9.05 Å². The lowest BCUT2D eigenvalue weighted by atomic mass is 9.96. The third-order valence-corrected chi connectivity index (χ3v) is 18.4. The molecule has 0 amide bonds. The van der Waals surface area contributed by atoms with Crippen LogP contribution in [0.1, 0.15) is 144 Å². The first kappa shape index (κ1) is 74.4. The van der Waals surface area contributed by atoms with E-state index in [0.29, 0.717) is 78.8 Å². The van der Waals surface area contributed by atoms with E-state index in [1.54, 1.807) is 141 Å². The van der Waals surface area contributed by atoms with Crippen molar-refractivity contribution in [2.45, 2.75) is 71.0 Å². The van der Waals surface area contributed by atoms with Crippen LogP contribution in [-0.2, 0) is 22.8 Å². The summed E-state index contributed by atoms with van der Waals surface area (Å²) in [4.78, 5) is 78.8. The Bertz CT molecular complexity index is 4750. The molecule has 0 saturated carbocycles. The molecule has 0 spiro atoms. The summed E-state index contributed by atoms with van der Waals surface area (Å²) in [5, 5.41) is 3.76. The van der Waals surface area contributed by atoms with Crippen molar-refractivity contribution in [3.63, 3.8) is 0 Å². The lowest BCUT2D eigenvalue weighted by molar-refractivity contribution is 0.0804. The first-order valence-electron chi connectivity index (χ1n) is 31.1. The van der Waals surface area contributed by atoms with E-state index in [1.165, 1.54) is 104 Å². The second kappa shape index (κ2) is 32.8. The van der Waals surface area contributed by atoms with E-state index in [9.17, 15) is 45.6 Å². The summed E-state index contributed by atoms with van der Waals surface area (Å²) in [5.41, 5.74) is 5.09. The third kappa shape index (κ3) is 20.6. The molecule has 1 unspecified atom stereocenters. The van der Waals surface area contributed by atoms with Crippen molar-refractivity contribution in [1.29, 1.82) is 0 Å². The zero-order chi connectivity index (χ0) is 71.8. The van der Waals surface area contributed by atoms with Crippen LogP contribution in [0.15, 0.2) is 283 Å². The van der Waals surface area contributed by atoms with Crippen LogP contribution in [0.25, 0.3) is 0 Å². The minimum Gasteiger partial charge on any atom is -0.491 e. The maximum atomic E-state index is 13.6. The predicted molar refractivity (Wildman–Crippen MR) is 387 cm³/mol. The van der Waals surface area contributed by atoms with Crippen molar-refractivity contribution in [3.8, 4) is 23.0 Å². The van der Waals surface area contributed by atoms with Crippen molar-refractivity contribution < 1.29 is 64.6 Å². The molecule has 0 saturated heterocycles. The van der Waals surface area contributed by atoms with Gasteiger partial charge in [-0.25, -0.2) is 16.8 Å². The van der Waals surface area contributed by atoms with Crippen molar-refractivity contribution in [1.82, 2.24) is 5.32 Å². The molecule has 1 N–H and O–H groups in total. The molecule has 8 aromatic carbocycles. The van der Waals surface area contributed by atoms with Crippen LogP contribution in [0.3, 0.4) is 0 Å². The molecular weight excluding hydrogens is 1330 g/mol. The molecule has 0 radical (unpaired) electrons. The van der Waals surface area contributed by atoms with Crippen molar-refractivity contribution >= 4 is 74.2 Å². The Kier molecular flexibility index (Phi) is 24.6. The Morgan fingerprint density at radius 1 is 0.495 bits per heavy atom. The summed E-state index contributed by atoms with van der Waals surface area (Å²) in [5.74, 6) is 1.12. The lowest BCUT2D eigenvalue weighted by Gasteiger charge is -2.25. The maximum Gasteiger partial charge on any atom is 0.254 e. The van der Waals surface area contributed by atoms with Gasteiger partial charge in [-0.3, -0.25) is 34.1 Å². The van der Waals surface area contributed by atoms with Crippen molar-refractivity contribution in [2.75, 3.05) is 7.05 Å². The lowest BCUT2D eigenvalue weighted by Crippen LogP contribution is -2.42. The van der Waals surface area contributed by atoms with Gasteiger partial charge in [0.15, 0.2) is 40.4 Å². The van der Waals surface area contributed by atoms with E-state index < -0.39 is 40.1 Å². The number of ketones is 6. The molecule has 0 bridgehead atoms. The molecule has 99 heavy (non-hydrogen) atoms. The number of rotatable bonds is 27. The molecule has 8 aromatic rings. The molecule has 0 fully saturated rings. The minimum absolute atomic E-state index is 0.00782. The van der Waals surface area contributed by atoms with Crippen LogP contribution in [-0.4, -0.2) is 75.2 Å². The summed E-state index contributed by atoms with van der Waals surface area (Å²) in [7, 11) is 4.60. The van der Waals surface area contributed by atoms with Crippen LogP contribution in [0.2, 0.25) is 0 Å². The quantitative estimate of drug-likeness (QED) is 0.0126. The first-order valence-corrected chi connectivity index (χ1v) is 35.8. The summed E-state index contributed by atoms with van der Waals surface area (Å²) >= 11 is 0. The SMILES string of the molecule is C=C\C(=C/C=C(\C=C\S(=O)(=O)Cl)C(=O)c1ccc(OC2=CC(C)(S(=O)(=O)Cl)C=C(C(=O)c3ccc(C(=O)c4ccccc4)cc3)C=C2)cc1)OC(C)C.CNC(C)(C)Oc1ccc(C(=O)c2ccc(Oc3ccc(C(=O)c4ccc(C(=O)c5ccc(C(C)C)cc5)cc4)cc3)cc2)cc1. The molecule has 1 aliphatic carbocycles. The predicted octanol–water partition coefficient (Wildman–Crippen LogP) is 17.2. The minimum atomic E-state index is -4.36. The molecule has 506 valence electrons. The fraction of sp³-hybridized carbons (Fsp3) is 0.150.